The molecule has 34 heavy (non-hydrogen) atoms. The van der Waals surface area contributed by atoms with Crippen LogP contribution in [0.1, 0.15) is 25.2 Å². The average Bonchev–Trinajstić information content (AvgIpc) is 2.76. The summed E-state index contributed by atoms with van der Waals surface area (Å²) in [5, 5.41) is 2.56. The third-order valence-electron chi connectivity index (χ3n) is 4.69. The van der Waals surface area contributed by atoms with E-state index in [0.717, 1.165) is 10.6 Å². The first-order valence-corrected chi connectivity index (χ1v) is 10.9. The van der Waals surface area contributed by atoms with Crippen molar-refractivity contribution in [3.63, 3.8) is 0 Å². The number of alkyl halides is 6. The fourth-order valence-electron chi connectivity index (χ4n) is 2.65. The molecule has 0 aliphatic heterocycles. The van der Waals surface area contributed by atoms with Crippen LogP contribution in [0.25, 0.3) is 0 Å². The van der Waals surface area contributed by atoms with E-state index in [2.05, 4.69) is 28.1 Å². The predicted molar refractivity (Wildman–Crippen MR) is 116 cm³/mol. The van der Waals surface area contributed by atoms with Gasteiger partial charge < -0.3 is 0 Å². The molecule has 186 valence electrons. The van der Waals surface area contributed by atoms with Crippen molar-refractivity contribution in [3.05, 3.63) is 84.0 Å². The zero-order chi connectivity index (χ0) is 25.7. The number of allylic oxidation sites excluding steroid dienone is 3. The molecule has 0 spiro atoms. The quantitative estimate of drug-likeness (QED) is 0.166. The number of hydrogen-bond acceptors (Lipinski definition) is 4. The summed E-state index contributed by atoms with van der Waals surface area (Å²) in [4.78, 5) is 10.2. The van der Waals surface area contributed by atoms with E-state index in [-0.39, 0.29) is 5.82 Å². The van der Waals surface area contributed by atoms with Crippen molar-refractivity contribution in [1.82, 2.24) is 9.97 Å². The number of nitrogens with zero attached hydrogens (tertiary/aromatic N) is 3. The first-order valence-electron chi connectivity index (χ1n) is 9.64. The number of pyridine rings is 2. The Hall–Kier alpha value is -2.74. The monoisotopic (exact) mass is 662 g/mol. The predicted octanol–water partition coefficient (Wildman–Crippen LogP) is 5.88. The summed E-state index contributed by atoms with van der Waals surface area (Å²) in [5.41, 5.74) is -1.59. The Kier molecular flexibility index (Phi) is 8.64. The van der Waals surface area contributed by atoms with Crippen molar-refractivity contribution >= 4 is 16.0 Å². The van der Waals surface area contributed by atoms with Crippen LogP contribution in [0.5, 0.6) is 0 Å². The van der Waals surface area contributed by atoms with Gasteiger partial charge in [0, 0.05) is 0 Å². The van der Waals surface area contributed by atoms with E-state index in [4.69, 9.17) is 0 Å². The molecule has 0 aromatic carbocycles. The van der Waals surface area contributed by atoms with Gasteiger partial charge in [0.1, 0.15) is 0 Å². The van der Waals surface area contributed by atoms with Crippen molar-refractivity contribution in [2.75, 3.05) is 17.3 Å². The van der Waals surface area contributed by atoms with Crippen LogP contribution in [-0.2, 0) is 24.8 Å². The van der Waals surface area contributed by atoms with Crippen molar-refractivity contribution in [3.8, 4) is 0 Å². The van der Waals surface area contributed by atoms with Crippen LogP contribution in [0.3, 0.4) is 0 Å². The first-order chi connectivity index (χ1) is 15.7. The normalized spacial score (nSPS) is 13.2. The zero-order valence-corrected chi connectivity index (χ0v) is 20.6. The minimum Gasteiger partial charge on any atom is -0.179 e. The van der Waals surface area contributed by atoms with Crippen molar-refractivity contribution < 1.29 is 45.7 Å². The zero-order valence-electron chi connectivity index (χ0n) is 18.3. The van der Waals surface area contributed by atoms with Gasteiger partial charge in [-0.2, -0.15) is 13.2 Å². The molecule has 0 fully saturated rings. The third kappa shape index (κ3) is 7.13. The number of rotatable bonds is 8. The second-order valence-corrected chi connectivity index (χ2v) is 8.29. The van der Waals surface area contributed by atoms with E-state index in [9.17, 15) is 26.3 Å². The molecule has 2 aromatic rings. The summed E-state index contributed by atoms with van der Waals surface area (Å²) in [5.74, 6) is 0.544. The molecule has 2 aromatic heterocycles. The smallest absolute Gasteiger partial charge is 0.179 e. The Morgan fingerprint density at radius 3 is 2.15 bits per heavy atom. The molecule has 0 radical (unpaired) electrons. The van der Waals surface area contributed by atoms with Crippen LogP contribution in [0.2, 0.25) is 0 Å². The molecule has 0 atom stereocenters. The van der Waals surface area contributed by atoms with Crippen LogP contribution < -0.4 is 10.2 Å². The molecular weight excluding hydrogens is 641 g/mol. The maximum Gasteiger partial charge on any atom is 0.370 e. The Morgan fingerprint density at radius 2 is 1.59 bits per heavy atom. The molecule has 4 nitrogen and oxygen atoms in total. The van der Waals surface area contributed by atoms with Crippen LogP contribution in [0.15, 0.2) is 66.4 Å². The van der Waals surface area contributed by atoms with Crippen LogP contribution in [0, 0.1) is 6.20 Å². The van der Waals surface area contributed by atoms with Gasteiger partial charge in [0.2, 0.25) is 0 Å². The van der Waals surface area contributed by atoms with E-state index in [1.807, 2.05) is 13.8 Å². The number of halogens is 6. The standard InChI is InChI=1S/C23H21F6N4.Pt/c1-15(22(24,25)26)12-13-30-19-10-6-8-17(31-19)21(3,4)18-9-7-11-20(32-18)33(5)14-16(2)23(27,28)29;/h2,6-12,14H,1H2,3-5H3,(H,30,31);/q-1;/b16-14+;. The number of aromatic nitrogens is 2. The Bertz CT molecular complexity index is 1100. The number of nitrogens with one attached hydrogen (secondary N) is 1. The van der Waals surface area contributed by atoms with E-state index in [0.29, 0.717) is 23.3 Å². The molecule has 0 unspecified atom stereocenters. The second-order valence-electron chi connectivity index (χ2n) is 7.64. The minimum atomic E-state index is -4.55. The van der Waals surface area contributed by atoms with Gasteiger partial charge >= 0.3 is 167 Å². The van der Waals surface area contributed by atoms with Gasteiger partial charge in [-0.15, -0.1) is 18.9 Å². The number of hydrogen-bond donors (Lipinski definition) is 1. The summed E-state index contributed by atoms with van der Waals surface area (Å²) in [6.45, 7) is 6.58. The maximum absolute atomic E-state index is 13.1. The molecule has 0 amide bonds. The Morgan fingerprint density at radius 1 is 1.00 bits per heavy atom. The summed E-state index contributed by atoms with van der Waals surface area (Å²) in [6.07, 6.45) is -5.12. The molecule has 0 aliphatic carbocycles. The Balaban J connectivity index is 2.31. The number of anilines is 2. The molecule has 2 heterocycles. The molecule has 0 saturated heterocycles. The first kappa shape index (κ1) is 27.5. The summed E-state index contributed by atoms with van der Waals surface area (Å²) >= 11 is 1.52. The Labute approximate surface area is 204 Å². The SMILES string of the molecule is C=C(C=[C-]Nc1cccc(C(C)(C)c2cccc(N(C)/C=C(\[CH]=[Pt])C(F)(F)F)n2)n1)C(F)(F)F. The van der Waals surface area contributed by atoms with Gasteiger partial charge in [0.15, 0.2) is 0 Å². The van der Waals surface area contributed by atoms with E-state index >= 15 is 0 Å². The van der Waals surface area contributed by atoms with E-state index < -0.39 is 28.9 Å². The van der Waals surface area contributed by atoms with Crippen molar-refractivity contribution in [1.29, 1.82) is 0 Å². The molecule has 2 rings (SSSR count). The molecule has 11 heteroatoms. The van der Waals surface area contributed by atoms with E-state index in [1.165, 1.54) is 31.3 Å². The third-order valence-corrected chi connectivity index (χ3v) is 5.40. The summed E-state index contributed by atoms with van der Waals surface area (Å²) in [6, 6.07) is 9.91. The van der Waals surface area contributed by atoms with Gasteiger partial charge in [0.05, 0.1) is 0 Å². The largest absolute Gasteiger partial charge is 0.370 e. The van der Waals surface area contributed by atoms with Crippen molar-refractivity contribution in [2.45, 2.75) is 31.6 Å². The molecule has 0 bridgehead atoms. The fraction of sp³-hybridized carbons (Fsp3) is 0.261. The minimum absolute atomic E-state index is 0.250. The van der Waals surface area contributed by atoms with Gasteiger partial charge in [-0.25, -0.2) is 0 Å². The van der Waals surface area contributed by atoms with Crippen LogP contribution in [0.4, 0.5) is 38.0 Å². The molecule has 0 aliphatic rings. The second kappa shape index (κ2) is 10.7. The van der Waals surface area contributed by atoms with Gasteiger partial charge in [-0.3, -0.25) is 0 Å². The summed E-state index contributed by atoms with van der Waals surface area (Å²) in [7, 11) is 1.46. The molecule has 0 saturated carbocycles. The fourth-order valence-corrected chi connectivity index (χ4v) is 3.19. The van der Waals surface area contributed by atoms with Crippen LogP contribution in [-0.4, -0.2) is 33.8 Å². The summed E-state index contributed by atoms with van der Waals surface area (Å²) < 4.78 is 77.8. The maximum atomic E-state index is 13.1. The average molecular weight is 663 g/mol. The molecule has 1 N–H and O–H groups in total. The van der Waals surface area contributed by atoms with E-state index in [1.54, 1.807) is 36.4 Å². The van der Waals surface area contributed by atoms with Crippen LogP contribution >= 0.6 is 0 Å². The molecular formula is C23H21F6N4Pt-. The van der Waals surface area contributed by atoms with Crippen molar-refractivity contribution in [2.24, 2.45) is 0 Å². The van der Waals surface area contributed by atoms with Gasteiger partial charge in [-0.05, 0) is 5.57 Å². The van der Waals surface area contributed by atoms with Gasteiger partial charge in [0.25, 0.3) is 0 Å². The van der Waals surface area contributed by atoms with Gasteiger partial charge in [-0.1, -0.05) is 0 Å². The topological polar surface area (TPSA) is 41.0 Å².